The lowest BCUT2D eigenvalue weighted by atomic mass is 9.98. The summed E-state index contributed by atoms with van der Waals surface area (Å²) in [5.41, 5.74) is 2.54. The lowest BCUT2D eigenvalue weighted by molar-refractivity contribution is 0.199. The Morgan fingerprint density at radius 3 is 3.05 bits per heavy atom. The molecule has 4 nitrogen and oxygen atoms in total. The van der Waals surface area contributed by atoms with Gasteiger partial charge in [-0.3, -0.25) is 9.58 Å². The van der Waals surface area contributed by atoms with Gasteiger partial charge in [-0.15, -0.1) is 11.3 Å². The molecule has 3 heterocycles. The SMILES string of the molecule is CCn1cc(CN2CCCC(c3nccs3)C2)c(C)n1. The zero-order valence-corrected chi connectivity index (χ0v) is 13.1. The van der Waals surface area contributed by atoms with Gasteiger partial charge >= 0.3 is 0 Å². The Morgan fingerprint density at radius 2 is 2.35 bits per heavy atom. The van der Waals surface area contributed by atoms with Gasteiger partial charge in [0.15, 0.2) is 0 Å². The molecule has 108 valence electrons. The molecule has 1 unspecified atom stereocenters. The van der Waals surface area contributed by atoms with Crippen LogP contribution in [0.3, 0.4) is 0 Å². The molecule has 2 aromatic rings. The molecular formula is C15H22N4S. The van der Waals surface area contributed by atoms with E-state index in [1.807, 2.05) is 10.9 Å². The number of thiazole rings is 1. The summed E-state index contributed by atoms with van der Waals surface area (Å²) in [5, 5.41) is 7.93. The molecule has 2 aromatic heterocycles. The Labute approximate surface area is 124 Å². The highest BCUT2D eigenvalue weighted by Crippen LogP contribution is 2.29. The van der Waals surface area contributed by atoms with Gasteiger partial charge < -0.3 is 0 Å². The molecule has 3 rings (SSSR count). The minimum Gasteiger partial charge on any atom is -0.298 e. The van der Waals surface area contributed by atoms with Crippen molar-refractivity contribution in [3.05, 3.63) is 34.0 Å². The number of piperidine rings is 1. The van der Waals surface area contributed by atoms with Crippen LogP contribution in [0.5, 0.6) is 0 Å². The highest BCUT2D eigenvalue weighted by atomic mass is 32.1. The van der Waals surface area contributed by atoms with Crippen molar-refractivity contribution in [3.63, 3.8) is 0 Å². The number of hydrogen-bond acceptors (Lipinski definition) is 4. The third kappa shape index (κ3) is 2.94. The fourth-order valence-electron chi connectivity index (χ4n) is 2.95. The largest absolute Gasteiger partial charge is 0.298 e. The minimum atomic E-state index is 0.616. The van der Waals surface area contributed by atoms with E-state index in [1.54, 1.807) is 11.3 Å². The molecule has 1 saturated heterocycles. The summed E-state index contributed by atoms with van der Waals surface area (Å²) in [6, 6.07) is 0. The van der Waals surface area contributed by atoms with Gasteiger partial charge in [-0.25, -0.2) is 4.98 Å². The zero-order chi connectivity index (χ0) is 13.9. The fraction of sp³-hybridized carbons (Fsp3) is 0.600. The summed E-state index contributed by atoms with van der Waals surface area (Å²) in [4.78, 5) is 7.05. The minimum absolute atomic E-state index is 0.616. The second-order valence-corrected chi connectivity index (χ2v) is 6.47. The molecule has 0 spiro atoms. The van der Waals surface area contributed by atoms with E-state index in [0.717, 1.165) is 19.6 Å². The number of likely N-dealkylation sites (tertiary alicyclic amines) is 1. The summed E-state index contributed by atoms with van der Waals surface area (Å²) in [6.07, 6.45) is 6.67. The molecule has 1 fully saturated rings. The van der Waals surface area contributed by atoms with Gasteiger partial charge in [-0.2, -0.15) is 5.10 Å². The van der Waals surface area contributed by atoms with E-state index in [1.165, 1.54) is 35.7 Å². The highest BCUT2D eigenvalue weighted by molar-refractivity contribution is 7.09. The number of hydrogen-bond donors (Lipinski definition) is 0. The summed E-state index contributed by atoms with van der Waals surface area (Å²) < 4.78 is 2.03. The first-order valence-electron chi connectivity index (χ1n) is 7.41. The highest BCUT2D eigenvalue weighted by Gasteiger charge is 2.23. The van der Waals surface area contributed by atoms with Crippen LogP contribution in [0.1, 0.15) is 41.9 Å². The number of aromatic nitrogens is 3. The van der Waals surface area contributed by atoms with Crippen LogP contribution in [-0.2, 0) is 13.1 Å². The standard InChI is InChI=1S/C15H22N4S/c1-3-19-11-14(12(2)17-19)10-18-7-4-5-13(9-18)15-16-6-8-20-15/h6,8,11,13H,3-5,7,9-10H2,1-2H3. The van der Waals surface area contributed by atoms with Crippen LogP contribution >= 0.6 is 11.3 Å². The van der Waals surface area contributed by atoms with Crippen molar-refractivity contribution in [1.29, 1.82) is 0 Å². The second-order valence-electron chi connectivity index (χ2n) is 5.54. The van der Waals surface area contributed by atoms with E-state index >= 15 is 0 Å². The van der Waals surface area contributed by atoms with Crippen molar-refractivity contribution in [1.82, 2.24) is 19.7 Å². The van der Waals surface area contributed by atoms with Crippen LogP contribution in [0.15, 0.2) is 17.8 Å². The molecular weight excluding hydrogens is 268 g/mol. The zero-order valence-electron chi connectivity index (χ0n) is 12.2. The molecule has 5 heteroatoms. The summed E-state index contributed by atoms with van der Waals surface area (Å²) >= 11 is 1.79. The molecule has 0 radical (unpaired) electrons. The van der Waals surface area contributed by atoms with Crippen LogP contribution < -0.4 is 0 Å². The molecule has 1 atom stereocenters. The monoisotopic (exact) mass is 290 g/mol. The average Bonchev–Trinajstić information content (AvgIpc) is 3.10. The lowest BCUT2D eigenvalue weighted by Gasteiger charge is -2.31. The van der Waals surface area contributed by atoms with Crippen molar-refractivity contribution in [2.75, 3.05) is 13.1 Å². The van der Waals surface area contributed by atoms with Gasteiger partial charge in [0.2, 0.25) is 0 Å². The maximum absolute atomic E-state index is 4.54. The molecule has 1 aliphatic rings. The fourth-order valence-corrected chi connectivity index (χ4v) is 3.72. The van der Waals surface area contributed by atoms with Crippen LogP contribution in [-0.4, -0.2) is 32.8 Å². The number of aryl methyl sites for hydroxylation is 2. The maximum Gasteiger partial charge on any atom is 0.0968 e. The first-order chi connectivity index (χ1) is 9.76. The topological polar surface area (TPSA) is 34.0 Å². The average molecular weight is 290 g/mol. The molecule has 0 bridgehead atoms. The Hall–Kier alpha value is -1.20. The molecule has 1 aliphatic heterocycles. The summed E-state index contributed by atoms with van der Waals surface area (Å²) in [7, 11) is 0. The second kappa shape index (κ2) is 6.06. The van der Waals surface area contributed by atoms with Crippen molar-refractivity contribution in [2.45, 2.75) is 45.7 Å². The Balaban J connectivity index is 1.66. The predicted molar refractivity (Wildman–Crippen MR) is 82.0 cm³/mol. The summed E-state index contributed by atoms with van der Waals surface area (Å²) in [5.74, 6) is 0.616. The van der Waals surface area contributed by atoms with Gasteiger partial charge in [0, 0.05) is 48.9 Å². The number of nitrogens with zero attached hydrogens (tertiary/aromatic N) is 4. The first kappa shape index (κ1) is 13.8. The van der Waals surface area contributed by atoms with Gasteiger partial charge in [0.1, 0.15) is 0 Å². The van der Waals surface area contributed by atoms with Crippen molar-refractivity contribution >= 4 is 11.3 Å². The number of rotatable bonds is 4. The Kier molecular flexibility index (Phi) is 4.17. The third-order valence-corrected chi connectivity index (χ3v) is 5.01. The van der Waals surface area contributed by atoms with E-state index in [-0.39, 0.29) is 0 Å². The molecule has 0 aromatic carbocycles. The quantitative estimate of drug-likeness (QED) is 0.868. The van der Waals surface area contributed by atoms with Gasteiger partial charge in [-0.05, 0) is 33.2 Å². The van der Waals surface area contributed by atoms with Gasteiger partial charge in [0.05, 0.1) is 10.7 Å². The molecule has 0 aliphatic carbocycles. The van der Waals surface area contributed by atoms with Crippen molar-refractivity contribution < 1.29 is 0 Å². The maximum atomic E-state index is 4.54. The van der Waals surface area contributed by atoms with E-state index in [2.05, 4.69) is 40.4 Å². The lowest BCUT2D eigenvalue weighted by Crippen LogP contribution is -2.33. The van der Waals surface area contributed by atoms with Crippen molar-refractivity contribution in [2.24, 2.45) is 0 Å². The molecule has 0 amide bonds. The van der Waals surface area contributed by atoms with Crippen LogP contribution in [0, 0.1) is 6.92 Å². The van der Waals surface area contributed by atoms with E-state index in [4.69, 9.17) is 0 Å². The van der Waals surface area contributed by atoms with E-state index < -0.39 is 0 Å². The normalized spacial score (nSPS) is 20.4. The third-order valence-electron chi connectivity index (χ3n) is 4.07. The molecule has 20 heavy (non-hydrogen) atoms. The smallest absolute Gasteiger partial charge is 0.0968 e. The van der Waals surface area contributed by atoms with Crippen LogP contribution in [0.4, 0.5) is 0 Å². The van der Waals surface area contributed by atoms with Crippen molar-refractivity contribution in [3.8, 4) is 0 Å². The van der Waals surface area contributed by atoms with Gasteiger partial charge in [-0.1, -0.05) is 0 Å². The Morgan fingerprint density at radius 1 is 1.45 bits per heavy atom. The predicted octanol–water partition coefficient (Wildman–Crippen LogP) is 3.05. The van der Waals surface area contributed by atoms with E-state index in [9.17, 15) is 0 Å². The van der Waals surface area contributed by atoms with Gasteiger partial charge in [0.25, 0.3) is 0 Å². The Bertz CT molecular complexity index is 546. The van der Waals surface area contributed by atoms with Crippen LogP contribution in [0.2, 0.25) is 0 Å². The van der Waals surface area contributed by atoms with E-state index in [0.29, 0.717) is 5.92 Å². The molecule has 0 saturated carbocycles. The summed E-state index contributed by atoms with van der Waals surface area (Å²) in [6.45, 7) is 8.54. The first-order valence-corrected chi connectivity index (χ1v) is 8.29. The van der Waals surface area contributed by atoms with Crippen LogP contribution in [0.25, 0.3) is 0 Å². The molecule has 0 N–H and O–H groups in total.